The van der Waals surface area contributed by atoms with Crippen molar-refractivity contribution in [1.29, 1.82) is 0 Å². The van der Waals surface area contributed by atoms with Gasteiger partial charge in [-0.1, -0.05) is 6.58 Å². The zero-order valence-electron chi connectivity index (χ0n) is 7.31. The van der Waals surface area contributed by atoms with E-state index in [-0.39, 0.29) is 40.5 Å². The first-order valence-electron chi connectivity index (χ1n) is 2.82. The maximum atomic E-state index is 10.6. The number of hydrogen-bond acceptors (Lipinski definition) is 5. The molecule has 0 rings (SSSR count). The van der Waals surface area contributed by atoms with Crippen molar-refractivity contribution in [3.8, 4) is 0 Å². The number of hydrogen-bond donors (Lipinski definition) is 0. The van der Waals surface area contributed by atoms with Gasteiger partial charge in [0.25, 0.3) is 0 Å². The Morgan fingerprint density at radius 3 is 2.31 bits per heavy atom. The van der Waals surface area contributed by atoms with Gasteiger partial charge >= 0.3 is 35.5 Å². The monoisotopic (exact) mass is 214 g/mol. The van der Waals surface area contributed by atoms with E-state index in [0.717, 1.165) is 0 Å². The molecule has 0 heterocycles. The summed E-state index contributed by atoms with van der Waals surface area (Å²) < 4.78 is 34.0. The fraction of sp³-hybridized carbons (Fsp3) is 0.167. The minimum Gasteiger partial charge on any atom is -0.744 e. The van der Waals surface area contributed by atoms with E-state index in [2.05, 4.69) is 11.3 Å². The first-order valence-corrected chi connectivity index (χ1v) is 4.29. The molecule has 0 N–H and O–H groups in total. The Bertz CT molecular complexity index is 316. The number of carbonyl (C=O) groups is 1. The second kappa shape index (κ2) is 6.33. The molecule has 0 aromatic carbocycles. The Labute approximate surface area is 98.5 Å². The summed E-state index contributed by atoms with van der Waals surface area (Å²) in [6.45, 7) is 4.62. The molecule has 0 aromatic heterocycles. The van der Waals surface area contributed by atoms with Gasteiger partial charge in [0.2, 0.25) is 0 Å². The molecule has 0 radical (unpaired) electrons. The average Bonchev–Trinajstić information content (AvgIpc) is 1.84. The fourth-order valence-electron chi connectivity index (χ4n) is 0.258. The van der Waals surface area contributed by atoms with Crippen LogP contribution in [-0.2, 0) is 19.6 Å². The summed E-state index contributed by atoms with van der Waals surface area (Å²) in [7, 11) is -4.48. The summed E-state index contributed by atoms with van der Waals surface area (Å²) in [5.41, 5.74) is 0.114. The Morgan fingerprint density at radius 2 is 2.00 bits per heavy atom. The minimum atomic E-state index is -4.48. The van der Waals surface area contributed by atoms with Crippen LogP contribution < -0.4 is 29.6 Å². The maximum Gasteiger partial charge on any atom is 1.00 e. The smallest absolute Gasteiger partial charge is 0.744 e. The predicted octanol–water partition coefficient (Wildman–Crippen LogP) is -2.87. The maximum absolute atomic E-state index is 10.6. The van der Waals surface area contributed by atoms with Gasteiger partial charge in [0.15, 0.2) is 0 Å². The van der Waals surface area contributed by atoms with E-state index in [1.54, 1.807) is 0 Å². The molecule has 0 saturated heterocycles. The largest absolute Gasteiger partial charge is 1.00 e. The van der Waals surface area contributed by atoms with Crippen molar-refractivity contribution in [2.45, 2.75) is 6.92 Å². The molecule has 0 saturated carbocycles. The molecular weight excluding hydrogens is 207 g/mol. The number of rotatable bonds is 3. The van der Waals surface area contributed by atoms with Crippen LogP contribution in [0.1, 0.15) is 6.92 Å². The molecule has 0 bridgehead atoms. The SMILES string of the molecule is C=C(C)C(=O)O/C=C/S(=O)(=O)[O-].[Na+]. The molecule has 5 nitrogen and oxygen atoms in total. The normalized spacial score (nSPS) is 10.6. The number of esters is 1. The number of ether oxygens (including phenoxy) is 1. The van der Waals surface area contributed by atoms with E-state index in [0.29, 0.717) is 6.26 Å². The Balaban J connectivity index is 0. The van der Waals surface area contributed by atoms with Gasteiger partial charge in [-0.2, -0.15) is 0 Å². The Kier molecular flexibility index (Phi) is 7.47. The molecule has 0 aliphatic heterocycles. The van der Waals surface area contributed by atoms with Crippen molar-refractivity contribution in [1.82, 2.24) is 0 Å². The summed E-state index contributed by atoms with van der Waals surface area (Å²) in [5.74, 6) is -0.782. The van der Waals surface area contributed by atoms with E-state index >= 15 is 0 Å². The third-order valence-electron chi connectivity index (χ3n) is 0.746. The van der Waals surface area contributed by atoms with Crippen molar-refractivity contribution in [2.24, 2.45) is 0 Å². The van der Waals surface area contributed by atoms with E-state index in [4.69, 9.17) is 0 Å². The van der Waals surface area contributed by atoms with Crippen molar-refractivity contribution >= 4 is 16.1 Å². The Hall–Kier alpha value is -0.140. The van der Waals surface area contributed by atoms with Crippen LogP contribution in [0, 0.1) is 0 Å². The summed E-state index contributed by atoms with van der Waals surface area (Å²) in [4.78, 5) is 10.6. The molecule has 0 aromatic rings. The van der Waals surface area contributed by atoms with Gasteiger partial charge in [0, 0.05) is 5.57 Å². The molecule has 0 amide bonds. The van der Waals surface area contributed by atoms with Gasteiger partial charge in [-0.3, -0.25) is 0 Å². The Morgan fingerprint density at radius 1 is 1.54 bits per heavy atom. The predicted molar refractivity (Wildman–Crippen MR) is 39.7 cm³/mol. The van der Waals surface area contributed by atoms with E-state index in [9.17, 15) is 17.8 Å². The molecule has 0 spiro atoms. The number of carbonyl (C=O) groups excluding carboxylic acids is 1. The van der Waals surface area contributed by atoms with E-state index in [1.807, 2.05) is 0 Å². The van der Waals surface area contributed by atoms with Crippen molar-refractivity contribution in [2.75, 3.05) is 0 Å². The first kappa shape index (κ1) is 15.3. The summed E-state index contributed by atoms with van der Waals surface area (Å²) in [5, 5.41) is 0.244. The molecule has 0 aliphatic carbocycles. The van der Waals surface area contributed by atoms with Gasteiger partial charge in [-0.25, -0.2) is 13.2 Å². The molecule has 0 unspecified atom stereocenters. The molecule has 0 fully saturated rings. The molecule has 0 aliphatic rings. The standard InChI is InChI=1S/C6H8O5S.Na/c1-5(2)6(7)11-3-4-12(8,9)10;/h3-4H,1H2,2H3,(H,8,9,10);/q;+1/p-1/b4-3+;. The van der Waals surface area contributed by atoms with Gasteiger partial charge in [0.1, 0.15) is 16.4 Å². The average molecular weight is 214 g/mol. The van der Waals surface area contributed by atoms with Crippen LogP contribution in [0.15, 0.2) is 23.8 Å². The van der Waals surface area contributed by atoms with E-state index in [1.165, 1.54) is 6.92 Å². The first-order chi connectivity index (χ1) is 5.33. The van der Waals surface area contributed by atoms with Gasteiger partial charge in [0.05, 0.1) is 5.41 Å². The van der Waals surface area contributed by atoms with Gasteiger partial charge in [-0.15, -0.1) is 0 Å². The van der Waals surface area contributed by atoms with Crippen LogP contribution in [-0.4, -0.2) is 18.9 Å². The van der Waals surface area contributed by atoms with Gasteiger partial charge in [-0.05, 0) is 6.92 Å². The zero-order valence-corrected chi connectivity index (χ0v) is 10.1. The van der Waals surface area contributed by atoms with E-state index < -0.39 is 16.1 Å². The van der Waals surface area contributed by atoms with Crippen molar-refractivity contribution < 1.29 is 52.1 Å². The summed E-state index contributed by atoms with van der Waals surface area (Å²) >= 11 is 0. The summed E-state index contributed by atoms with van der Waals surface area (Å²) in [6, 6.07) is 0. The molecule has 7 heteroatoms. The van der Waals surface area contributed by atoms with Gasteiger partial charge < -0.3 is 9.29 Å². The van der Waals surface area contributed by atoms with Crippen LogP contribution in [0.5, 0.6) is 0 Å². The van der Waals surface area contributed by atoms with Crippen LogP contribution in [0.2, 0.25) is 0 Å². The molecular formula is C6H7NaO5S. The topological polar surface area (TPSA) is 83.5 Å². The van der Waals surface area contributed by atoms with Crippen LogP contribution in [0.25, 0.3) is 0 Å². The molecule has 13 heavy (non-hydrogen) atoms. The van der Waals surface area contributed by atoms with Crippen LogP contribution >= 0.6 is 0 Å². The summed E-state index contributed by atoms with van der Waals surface area (Å²) in [6.07, 6.45) is 0.513. The second-order valence-corrected chi connectivity index (χ2v) is 3.21. The van der Waals surface area contributed by atoms with Crippen molar-refractivity contribution in [3.05, 3.63) is 23.8 Å². The molecule has 68 valence electrons. The fourth-order valence-corrected chi connectivity index (χ4v) is 0.450. The molecule has 0 atom stereocenters. The quantitative estimate of drug-likeness (QED) is 0.166. The van der Waals surface area contributed by atoms with Crippen molar-refractivity contribution in [3.63, 3.8) is 0 Å². The van der Waals surface area contributed by atoms with Crippen LogP contribution in [0.3, 0.4) is 0 Å². The second-order valence-electron chi connectivity index (χ2n) is 1.95. The minimum absolute atomic E-state index is 0. The zero-order chi connectivity index (χ0) is 9.78. The van der Waals surface area contributed by atoms with Crippen LogP contribution in [0.4, 0.5) is 0 Å². The third kappa shape index (κ3) is 9.78. The third-order valence-corrected chi connectivity index (χ3v) is 1.19.